The minimum absolute atomic E-state index is 0.768. The van der Waals surface area contributed by atoms with Crippen LogP contribution in [-0.2, 0) is 5.79 Å². The van der Waals surface area contributed by atoms with Crippen LogP contribution in [0.25, 0.3) is 32.7 Å². The molecule has 6 aromatic rings. The number of benzene rings is 6. The van der Waals surface area contributed by atoms with Crippen molar-refractivity contribution < 1.29 is 9.47 Å². The summed E-state index contributed by atoms with van der Waals surface area (Å²) in [5.41, 5.74) is 3.88. The van der Waals surface area contributed by atoms with Gasteiger partial charge in [-0.25, -0.2) is 0 Å². The summed E-state index contributed by atoms with van der Waals surface area (Å²) >= 11 is 7.39. The smallest absolute Gasteiger partial charge is 0.305 e. The Balaban J connectivity index is 1.65. The van der Waals surface area contributed by atoms with Crippen molar-refractivity contribution in [3.05, 3.63) is 141 Å². The van der Waals surface area contributed by atoms with Gasteiger partial charge in [0.25, 0.3) is 0 Å². The molecule has 0 amide bonds. The van der Waals surface area contributed by atoms with Crippen LogP contribution in [0, 0.1) is 0 Å². The molecule has 0 unspecified atom stereocenters. The molecule has 7 rings (SSSR count). The normalized spacial score (nSPS) is 13.8. The summed E-state index contributed by atoms with van der Waals surface area (Å²) in [6.07, 6.45) is 0. The van der Waals surface area contributed by atoms with Crippen LogP contribution in [0.15, 0.2) is 130 Å². The zero-order chi connectivity index (χ0) is 25.0. The maximum Gasteiger partial charge on any atom is 0.305 e. The van der Waals surface area contributed by atoms with Crippen LogP contribution in [0.2, 0.25) is 0 Å². The molecule has 1 heterocycles. The number of ether oxygens (including phenoxy) is 2. The molecule has 0 fully saturated rings. The predicted molar refractivity (Wildman–Crippen MR) is 157 cm³/mol. The summed E-state index contributed by atoms with van der Waals surface area (Å²) in [5, 5.41) is 4.47. The zero-order valence-corrected chi connectivity index (χ0v) is 22.8. The molecule has 0 spiro atoms. The van der Waals surface area contributed by atoms with Gasteiger partial charge in [-0.3, -0.25) is 0 Å². The minimum Gasteiger partial charge on any atom is -0.444 e. The Bertz CT molecular complexity index is 1660. The van der Waals surface area contributed by atoms with Gasteiger partial charge in [0.15, 0.2) is 0 Å². The molecule has 4 heteroatoms. The fourth-order valence-corrected chi connectivity index (χ4v) is 6.00. The van der Waals surface area contributed by atoms with Crippen molar-refractivity contribution in [3.8, 4) is 22.6 Å². The molecule has 2 nitrogen and oxygen atoms in total. The number of hydrogen-bond acceptors (Lipinski definition) is 2. The monoisotopic (exact) mass is 606 g/mol. The molecule has 37 heavy (non-hydrogen) atoms. The van der Waals surface area contributed by atoms with Gasteiger partial charge in [-0.05, 0) is 57.9 Å². The van der Waals surface area contributed by atoms with Gasteiger partial charge < -0.3 is 9.47 Å². The van der Waals surface area contributed by atoms with Crippen LogP contribution < -0.4 is 9.47 Å². The van der Waals surface area contributed by atoms with E-state index in [1.54, 1.807) is 0 Å². The first-order valence-electron chi connectivity index (χ1n) is 12.1. The Hall–Kier alpha value is -3.60. The predicted octanol–water partition coefficient (Wildman–Crippen LogP) is 9.86. The Kier molecular flexibility index (Phi) is 5.35. The molecule has 178 valence electrons. The molecule has 0 N–H and O–H groups in total. The van der Waals surface area contributed by atoms with Crippen molar-refractivity contribution in [2.45, 2.75) is 5.79 Å². The van der Waals surface area contributed by atoms with Gasteiger partial charge >= 0.3 is 5.79 Å². The van der Waals surface area contributed by atoms with Gasteiger partial charge in [0.05, 0.1) is 0 Å². The molecular weight excluding hydrogens is 588 g/mol. The van der Waals surface area contributed by atoms with E-state index in [-0.39, 0.29) is 0 Å². The highest BCUT2D eigenvalue weighted by molar-refractivity contribution is 9.10. The molecule has 0 aromatic heterocycles. The zero-order valence-electron chi connectivity index (χ0n) is 19.6. The van der Waals surface area contributed by atoms with Crippen molar-refractivity contribution in [1.29, 1.82) is 0 Å². The van der Waals surface area contributed by atoms with E-state index in [4.69, 9.17) is 9.47 Å². The van der Waals surface area contributed by atoms with E-state index >= 15 is 0 Å². The van der Waals surface area contributed by atoms with Crippen molar-refractivity contribution in [1.82, 2.24) is 0 Å². The third-order valence-corrected chi connectivity index (χ3v) is 7.94. The van der Waals surface area contributed by atoms with Crippen LogP contribution in [-0.4, -0.2) is 0 Å². The van der Waals surface area contributed by atoms with Gasteiger partial charge in [0.2, 0.25) is 0 Å². The summed E-state index contributed by atoms with van der Waals surface area (Å²) in [6, 6.07) is 41.5. The molecule has 1 aliphatic rings. The second kappa shape index (κ2) is 8.76. The van der Waals surface area contributed by atoms with Crippen LogP contribution in [0.1, 0.15) is 11.1 Å². The molecule has 0 saturated heterocycles. The third kappa shape index (κ3) is 3.66. The molecule has 0 atom stereocenters. The van der Waals surface area contributed by atoms with Crippen LogP contribution in [0.4, 0.5) is 0 Å². The second-order valence-electron chi connectivity index (χ2n) is 9.16. The summed E-state index contributed by atoms with van der Waals surface area (Å²) in [4.78, 5) is 0. The topological polar surface area (TPSA) is 18.5 Å². The molecule has 6 aromatic carbocycles. The van der Waals surface area contributed by atoms with Gasteiger partial charge in [0, 0.05) is 31.2 Å². The SMILES string of the molecule is Brc1ccc2ccc3c(c2c1)-c1c(ccc2ccc(Br)cc12)OC(c1ccccc1)(c1ccccc1)O3. The van der Waals surface area contributed by atoms with Crippen molar-refractivity contribution in [2.24, 2.45) is 0 Å². The molecule has 0 saturated carbocycles. The summed E-state index contributed by atoms with van der Waals surface area (Å²) < 4.78 is 16.2. The van der Waals surface area contributed by atoms with E-state index in [1.807, 2.05) is 36.4 Å². The van der Waals surface area contributed by atoms with Crippen molar-refractivity contribution in [3.63, 3.8) is 0 Å². The van der Waals surface area contributed by atoms with E-state index in [9.17, 15) is 0 Å². The maximum absolute atomic E-state index is 7.08. The number of rotatable bonds is 2. The summed E-state index contributed by atoms with van der Waals surface area (Å²) in [6.45, 7) is 0. The Morgan fingerprint density at radius 2 is 0.865 bits per heavy atom. The van der Waals surface area contributed by atoms with E-state index in [0.717, 1.165) is 64.2 Å². The van der Waals surface area contributed by atoms with E-state index < -0.39 is 5.79 Å². The molecule has 0 radical (unpaired) electrons. The highest BCUT2D eigenvalue weighted by atomic mass is 79.9. The van der Waals surface area contributed by atoms with Gasteiger partial charge in [-0.15, -0.1) is 0 Å². The second-order valence-corrected chi connectivity index (χ2v) is 11.0. The fourth-order valence-electron chi connectivity index (χ4n) is 5.28. The summed E-state index contributed by atoms with van der Waals surface area (Å²) in [7, 11) is 0. The first kappa shape index (κ1) is 22.6. The van der Waals surface area contributed by atoms with Gasteiger partial charge in [-0.1, -0.05) is 117 Å². The van der Waals surface area contributed by atoms with Crippen LogP contribution in [0.5, 0.6) is 11.5 Å². The maximum atomic E-state index is 7.08. The first-order chi connectivity index (χ1) is 18.1. The number of hydrogen-bond donors (Lipinski definition) is 0. The van der Waals surface area contributed by atoms with E-state index in [1.165, 1.54) is 0 Å². The fraction of sp³-hybridized carbons (Fsp3) is 0.0303. The average molecular weight is 608 g/mol. The minimum atomic E-state index is -1.18. The van der Waals surface area contributed by atoms with Gasteiger partial charge in [0.1, 0.15) is 11.5 Å². The highest BCUT2D eigenvalue weighted by Crippen LogP contribution is 2.52. The van der Waals surface area contributed by atoms with E-state index in [0.29, 0.717) is 0 Å². The summed E-state index contributed by atoms with van der Waals surface area (Å²) in [5.74, 6) is 0.357. The number of fused-ring (bicyclic) bond motifs is 7. The molecule has 0 aliphatic carbocycles. The third-order valence-electron chi connectivity index (χ3n) is 6.96. The molecular formula is C33H20Br2O2. The lowest BCUT2D eigenvalue weighted by Gasteiger charge is -2.34. The van der Waals surface area contributed by atoms with Gasteiger partial charge in [-0.2, -0.15) is 0 Å². The Morgan fingerprint density at radius 1 is 0.459 bits per heavy atom. The molecule has 1 aliphatic heterocycles. The quantitative estimate of drug-likeness (QED) is 0.195. The standard InChI is InChI=1S/C33H20Br2O2/c34-25-15-11-21-13-17-29-31(27(21)19-25)32-28-20-26(35)16-12-22(28)14-18-30(32)37-33(36-29,23-7-3-1-4-8-23)24-9-5-2-6-10-24/h1-20H. The molecule has 0 bridgehead atoms. The lowest BCUT2D eigenvalue weighted by atomic mass is 9.92. The van der Waals surface area contributed by atoms with Crippen LogP contribution >= 0.6 is 31.9 Å². The van der Waals surface area contributed by atoms with Crippen LogP contribution in [0.3, 0.4) is 0 Å². The highest BCUT2D eigenvalue weighted by Gasteiger charge is 2.43. The lowest BCUT2D eigenvalue weighted by molar-refractivity contribution is -0.0811. The van der Waals surface area contributed by atoms with Crippen molar-refractivity contribution >= 4 is 53.4 Å². The largest absolute Gasteiger partial charge is 0.444 e. The Morgan fingerprint density at radius 3 is 1.30 bits per heavy atom. The van der Waals surface area contributed by atoms with Crippen molar-refractivity contribution in [2.75, 3.05) is 0 Å². The lowest BCUT2D eigenvalue weighted by Crippen LogP contribution is -2.40. The number of halogens is 2. The Labute approximate surface area is 231 Å². The first-order valence-corrected chi connectivity index (χ1v) is 13.6. The van der Waals surface area contributed by atoms with E-state index in [2.05, 4.69) is 117 Å². The average Bonchev–Trinajstić information content (AvgIpc) is 3.09.